The monoisotopic (exact) mass is 864 g/mol. The van der Waals surface area contributed by atoms with Crippen molar-refractivity contribution in [1.82, 2.24) is 0 Å². The zero-order valence-electron chi connectivity index (χ0n) is 27.8. The maximum absolute atomic E-state index is 12.2. The molecule has 0 saturated heterocycles. The van der Waals surface area contributed by atoms with Crippen LogP contribution in [0.5, 0.6) is 0 Å². The van der Waals surface area contributed by atoms with Gasteiger partial charge in [0.2, 0.25) is 0 Å². The molecule has 0 bridgehead atoms. The van der Waals surface area contributed by atoms with Crippen molar-refractivity contribution in [3.8, 4) is 0 Å². The molecule has 0 fully saturated rings. The minimum atomic E-state index is -0.560. The third-order valence-corrected chi connectivity index (χ3v) is 6.90. The van der Waals surface area contributed by atoms with Gasteiger partial charge in [-0.2, -0.15) is 0 Å². The van der Waals surface area contributed by atoms with Gasteiger partial charge < -0.3 is 9.47 Å². The maximum Gasteiger partial charge on any atom is 0.346 e. The Labute approximate surface area is 333 Å². The van der Waals surface area contributed by atoms with Crippen LogP contribution < -0.4 is 0 Å². The Bertz CT molecular complexity index is 1030. The molecule has 0 aromatic heterocycles. The molecule has 0 spiro atoms. The van der Waals surface area contributed by atoms with E-state index >= 15 is 0 Å². The van der Waals surface area contributed by atoms with E-state index in [0.717, 1.165) is 68.6 Å². The SMILES string of the molecule is CCCCCCCC(=O)OC(=O)CCCCCCC.CCCCCCCC(=O)OC(=O)c1cccc2ccccc12.[Co].[Co].[Cu].[V].[Zn]. The molecule has 0 N–H and O–H groups in total. The molecule has 11 heteroatoms. The number of ether oxygens (including phenoxy) is 2. The van der Waals surface area contributed by atoms with Crippen molar-refractivity contribution in [3.63, 3.8) is 0 Å². The average Bonchev–Trinajstić information content (AvgIpc) is 2.96. The van der Waals surface area contributed by atoms with Gasteiger partial charge in [-0.15, -0.1) is 0 Å². The number of hydrogen-bond acceptors (Lipinski definition) is 6. The second-order valence-electron chi connectivity index (χ2n) is 10.6. The first kappa shape index (κ1) is 55.1. The van der Waals surface area contributed by atoms with Gasteiger partial charge >= 0.3 is 23.9 Å². The third kappa shape index (κ3) is 27.6. The first-order valence-electron chi connectivity index (χ1n) is 15.9. The number of carbonyl (C=O) groups excluding carboxylic acids is 4. The van der Waals surface area contributed by atoms with Gasteiger partial charge in [0.15, 0.2) is 0 Å². The van der Waals surface area contributed by atoms with Crippen LogP contribution in [0, 0.1) is 0 Å². The summed E-state index contributed by atoms with van der Waals surface area (Å²) in [6, 6.07) is 13.0. The number of esters is 4. The summed E-state index contributed by atoms with van der Waals surface area (Å²) in [5.41, 5.74) is 0.442. The standard InChI is InChI=1S/C19H22O3.C16H30O3.2Co.Cu.V.Zn/c1-2-3-4-5-6-14-18(20)22-19(21)17-13-9-11-15-10-7-8-12-16(15)17;1-3-5-7-9-11-13-15(17)19-16(18)14-12-10-8-6-4-2;;;;;/h7-13H,2-6,14H2,1H3;3-14H2,1-2H3;;;;;. The largest absolute Gasteiger partial charge is 0.393 e. The quantitative estimate of drug-likeness (QED) is 0.0606. The molecule has 0 amide bonds. The predicted molar refractivity (Wildman–Crippen MR) is 166 cm³/mol. The van der Waals surface area contributed by atoms with Crippen LogP contribution in [0.3, 0.4) is 0 Å². The van der Waals surface area contributed by atoms with E-state index in [1.165, 1.54) is 38.5 Å². The van der Waals surface area contributed by atoms with Crippen LogP contribution >= 0.6 is 0 Å². The van der Waals surface area contributed by atoms with Gasteiger partial charge in [-0.05, 0) is 36.1 Å². The van der Waals surface area contributed by atoms with Crippen molar-refractivity contribution in [2.45, 2.75) is 136 Å². The van der Waals surface area contributed by atoms with E-state index < -0.39 is 11.9 Å². The minimum absolute atomic E-state index is 0. The summed E-state index contributed by atoms with van der Waals surface area (Å²) in [6.07, 6.45) is 17.2. The van der Waals surface area contributed by atoms with Gasteiger partial charge in [-0.25, -0.2) is 4.79 Å². The third-order valence-electron chi connectivity index (χ3n) is 6.90. The van der Waals surface area contributed by atoms with Gasteiger partial charge in [0.25, 0.3) is 0 Å². The van der Waals surface area contributed by atoms with E-state index in [2.05, 4.69) is 20.8 Å². The van der Waals surface area contributed by atoms with Crippen molar-refractivity contribution in [2.75, 3.05) is 0 Å². The second-order valence-corrected chi connectivity index (χ2v) is 10.6. The molecule has 0 heterocycles. The van der Waals surface area contributed by atoms with Gasteiger partial charge in [0, 0.05) is 108 Å². The summed E-state index contributed by atoms with van der Waals surface area (Å²) in [5, 5.41) is 1.77. The van der Waals surface area contributed by atoms with E-state index in [-0.39, 0.29) is 101 Å². The van der Waals surface area contributed by atoms with E-state index in [1.807, 2.05) is 30.3 Å². The van der Waals surface area contributed by atoms with Gasteiger partial charge in [0.05, 0.1) is 5.56 Å². The number of hydrogen-bond donors (Lipinski definition) is 0. The van der Waals surface area contributed by atoms with Crippen molar-refractivity contribution in [3.05, 3.63) is 48.0 Å². The molecule has 0 aliphatic heterocycles. The van der Waals surface area contributed by atoms with Crippen LogP contribution in [0.25, 0.3) is 10.8 Å². The summed E-state index contributed by atoms with van der Waals surface area (Å²) < 4.78 is 9.76. The molecule has 2 aromatic carbocycles. The zero-order chi connectivity index (χ0) is 30.1. The molecule has 6 nitrogen and oxygen atoms in total. The Hall–Kier alpha value is -0.280. The van der Waals surface area contributed by atoms with Crippen molar-refractivity contribution in [1.29, 1.82) is 0 Å². The molecular formula is C35H52Co2CuO6VZn. The van der Waals surface area contributed by atoms with E-state index in [1.54, 1.807) is 12.1 Å². The first-order valence-corrected chi connectivity index (χ1v) is 15.9. The molecule has 2 rings (SSSR count). The second kappa shape index (κ2) is 37.5. The Morgan fingerprint density at radius 2 is 0.891 bits per heavy atom. The van der Waals surface area contributed by atoms with E-state index in [4.69, 9.17) is 9.47 Å². The average molecular weight is 867 g/mol. The smallest absolute Gasteiger partial charge is 0.346 e. The number of unbranched alkanes of at least 4 members (excludes halogenated alkanes) is 12. The van der Waals surface area contributed by atoms with Crippen LogP contribution in [0.4, 0.5) is 0 Å². The summed E-state index contributed by atoms with van der Waals surface area (Å²) in [5.74, 6) is -1.70. The van der Waals surface area contributed by atoms with Crippen LogP contribution in [0.2, 0.25) is 0 Å². The summed E-state index contributed by atoms with van der Waals surface area (Å²) in [7, 11) is 0. The summed E-state index contributed by atoms with van der Waals surface area (Å²) in [4.78, 5) is 46.7. The van der Waals surface area contributed by atoms with Crippen molar-refractivity contribution < 1.29 is 117 Å². The number of benzene rings is 2. The molecule has 0 unspecified atom stereocenters. The van der Waals surface area contributed by atoms with Crippen LogP contribution in [0.1, 0.15) is 147 Å². The van der Waals surface area contributed by atoms with Gasteiger partial charge in [-0.3, -0.25) is 14.4 Å². The molecular weight excluding hydrogens is 814 g/mol. The molecule has 2 aromatic rings. The summed E-state index contributed by atoms with van der Waals surface area (Å²) >= 11 is 0. The summed E-state index contributed by atoms with van der Waals surface area (Å²) in [6.45, 7) is 6.47. The molecule has 0 atom stereocenters. The van der Waals surface area contributed by atoms with Crippen LogP contribution in [-0.4, -0.2) is 23.9 Å². The predicted octanol–water partition coefficient (Wildman–Crippen LogP) is 9.65. The van der Waals surface area contributed by atoms with Crippen LogP contribution in [-0.2, 0) is 113 Å². The van der Waals surface area contributed by atoms with Crippen molar-refractivity contribution in [2.24, 2.45) is 0 Å². The Balaban J connectivity index is -0.000000222. The molecule has 0 aliphatic carbocycles. The molecule has 46 heavy (non-hydrogen) atoms. The number of fused-ring (bicyclic) bond motifs is 1. The Morgan fingerprint density at radius 3 is 1.33 bits per heavy atom. The number of rotatable bonds is 19. The molecule has 0 aliphatic rings. The van der Waals surface area contributed by atoms with Crippen LogP contribution in [0.15, 0.2) is 42.5 Å². The fourth-order valence-corrected chi connectivity index (χ4v) is 4.46. The Morgan fingerprint density at radius 1 is 0.522 bits per heavy atom. The number of carbonyl (C=O) groups is 4. The first-order chi connectivity index (χ1) is 19.9. The van der Waals surface area contributed by atoms with Crippen molar-refractivity contribution >= 4 is 34.6 Å². The fourth-order valence-electron chi connectivity index (χ4n) is 4.46. The molecule has 4 radical (unpaired) electrons. The van der Waals surface area contributed by atoms with E-state index in [9.17, 15) is 19.2 Å². The minimum Gasteiger partial charge on any atom is -0.393 e. The zero-order valence-corrected chi connectivity index (χ0v) is 35.2. The topological polar surface area (TPSA) is 86.7 Å². The molecule has 0 saturated carbocycles. The Kier molecular flexibility index (Phi) is 45.0. The van der Waals surface area contributed by atoms with Gasteiger partial charge in [0.1, 0.15) is 0 Å². The molecule has 264 valence electrons. The normalized spacial score (nSPS) is 9.37. The fraction of sp³-hybridized carbons (Fsp3) is 0.600. The van der Waals surface area contributed by atoms with Gasteiger partial charge in [-0.1, -0.05) is 134 Å². The maximum atomic E-state index is 12.2. The van der Waals surface area contributed by atoms with E-state index in [0.29, 0.717) is 24.8 Å².